The molecule has 0 unspecified atom stereocenters. The number of carbonyl (C=O) groups is 1. The number of piperazine rings is 1. The lowest BCUT2D eigenvalue weighted by Crippen LogP contribution is -2.44. The topological polar surface area (TPSA) is 85.4 Å². The minimum absolute atomic E-state index is 0.210. The molecule has 2 fully saturated rings. The SMILES string of the molecule is Cc1cccc(C)c1NC(=O)c1cnc(Nc2cccc(N3CCN(C)CC3)c2)nc1NC1CCC1. The Hall–Kier alpha value is -3.65. The number of carbonyl (C=O) groups excluding carboxylic acids is 1. The van der Waals surface area contributed by atoms with Crippen LogP contribution in [0.15, 0.2) is 48.7 Å². The minimum atomic E-state index is -0.210. The van der Waals surface area contributed by atoms with E-state index in [-0.39, 0.29) is 5.91 Å². The van der Waals surface area contributed by atoms with E-state index < -0.39 is 0 Å². The molecule has 8 nitrogen and oxygen atoms in total. The third kappa shape index (κ3) is 5.44. The van der Waals surface area contributed by atoms with Gasteiger partial charge in [0.1, 0.15) is 11.4 Å². The van der Waals surface area contributed by atoms with Crippen LogP contribution in [0.4, 0.5) is 28.8 Å². The van der Waals surface area contributed by atoms with Gasteiger partial charge in [0.15, 0.2) is 0 Å². The van der Waals surface area contributed by atoms with Crippen LogP contribution in [0, 0.1) is 13.8 Å². The first-order valence-corrected chi connectivity index (χ1v) is 12.8. The second-order valence-corrected chi connectivity index (χ2v) is 9.91. The van der Waals surface area contributed by atoms with E-state index >= 15 is 0 Å². The van der Waals surface area contributed by atoms with E-state index in [1.165, 1.54) is 12.1 Å². The van der Waals surface area contributed by atoms with Crippen LogP contribution in [0.5, 0.6) is 0 Å². The maximum Gasteiger partial charge on any atom is 0.261 e. The Bertz CT molecular complexity index is 1210. The van der Waals surface area contributed by atoms with Gasteiger partial charge in [-0.15, -0.1) is 0 Å². The highest BCUT2D eigenvalue weighted by atomic mass is 16.1. The van der Waals surface area contributed by atoms with Gasteiger partial charge in [-0.3, -0.25) is 4.79 Å². The van der Waals surface area contributed by atoms with Crippen molar-refractivity contribution < 1.29 is 4.79 Å². The van der Waals surface area contributed by atoms with E-state index in [9.17, 15) is 4.79 Å². The fourth-order valence-electron chi connectivity index (χ4n) is 4.63. The first kappa shape index (κ1) is 24.1. The molecular weight excluding hydrogens is 450 g/mol. The lowest BCUT2D eigenvalue weighted by Gasteiger charge is -2.34. The van der Waals surface area contributed by atoms with Crippen LogP contribution in [-0.2, 0) is 0 Å². The van der Waals surface area contributed by atoms with Crippen LogP contribution < -0.4 is 20.9 Å². The number of hydrogen-bond acceptors (Lipinski definition) is 7. The Kier molecular flexibility index (Phi) is 7.04. The largest absolute Gasteiger partial charge is 0.369 e. The molecule has 36 heavy (non-hydrogen) atoms. The molecule has 0 spiro atoms. The summed E-state index contributed by atoms with van der Waals surface area (Å²) in [6, 6.07) is 14.7. The second-order valence-electron chi connectivity index (χ2n) is 9.91. The normalized spacial score (nSPS) is 16.4. The summed E-state index contributed by atoms with van der Waals surface area (Å²) in [7, 11) is 2.16. The number of nitrogens with one attached hydrogen (secondary N) is 3. The molecular formula is C28H35N7O. The summed E-state index contributed by atoms with van der Waals surface area (Å²) in [6.07, 6.45) is 4.97. The quantitative estimate of drug-likeness (QED) is 0.443. The summed E-state index contributed by atoms with van der Waals surface area (Å²) >= 11 is 0. The smallest absolute Gasteiger partial charge is 0.261 e. The number of benzene rings is 2. The molecule has 0 radical (unpaired) electrons. The van der Waals surface area contributed by atoms with Crippen LogP contribution in [0.1, 0.15) is 40.7 Å². The van der Waals surface area contributed by atoms with Gasteiger partial charge in [0.25, 0.3) is 5.91 Å². The Balaban J connectivity index is 1.36. The van der Waals surface area contributed by atoms with Crippen molar-refractivity contribution in [1.82, 2.24) is 14.9 Å². The summed E-state index contributed by atoms with van der Waals surface area (Å²) in [5, 5.41) is 9.89. The molecule has 2 aromatic carbocycles. The summed E-state index contributed by atoms with van der Waals surface area (Å²) in [5.41, 5.74) is 5.44. The fourth-order valence-corrected chi connectivity index (χ4v) is 4.63. The second kappa shape index (κ2) is 10.5. The van der Waals surface area contributed by atoms with E-state index in [0.717, 1.165) is 61.5 Å². The summed E-state index contributed by atoms with van der Waals surface area (Å²) < 4.78 is 0. The molecule has 1 aliphatic carbocycles. The number of hydrogen-bond donors (Lipinski definition) is 3. The van der Waals surface area contributed by atoms with Crippen molar-refractivity contribution in [3.63, 3.8) is 0 Å². The van der Waals surface area contributed by atoms with Gasteiger partial charge in [0.05, 0.1) is 0 Å². The van der Waals surface area contributed by atoms with Crippen molar-refractivity contribution in [3.8, 4) is 0 Å². The predicted molar refractivity (Wildman–Crippen MR) is 147 cm³/mol. The van der Waals surface area contributed by atoms with Crippen molar-refractivity contribution in [2.75, 3.05) is 54.1 Å². The van der Waals surface area contributed by atoms with Crippen LogP contribution in [0.3, 0.4) is 0 Å². The van der Waals surface area contributed by atoms with E-state index in [2.05, 4.69) is 56.0 Å². The Morgan fingerprint density at radius 1 is 1.00 bits per heavy atom. The molecule has 8 heteroatoms. The zero-order valence-corrected chi connectivity index (χ0v) is 21.3. The van der Waals surface area contributed by atoms with Crippen LogP contribution >= 0.6 is 0 Å². The monoisotopic (exact) mass is 485 g/mol. The number of rotatable bonds is 7. The number of aryl methyl sites for hydroxylation is 2. The van der Waals surface area contributed by atoms with Crippen molar-refractivity contribution in [2.24, 2.45) is 0 Å². The number of aromatic nitrogens is 2. The highest BCUT2D eigenvalue weighted by Gasteiger charge is 2.23. The molecule has 188 valence electrons. The van der Waals surface area contributed by atoms with Gasteiger partial charge in [-0.2, -0.15) is 4.98 Å². The number of anilines is 5. The average Bonchev–Trinajstić information content (AvgIpc) is 2.84. The highest BCUT2D eigenvalue weighted by Crippen LogP contribution is 2.28. The maximum absolute atomic E-state index is 13.3. The highest BCUT2D eigenvalue weighted by molar-refractivity contribution is 6.08. The molecule has 1 aliphatic heterocycles. The van der Waals surface area contributed by atoms with E-state index in [1.54, 1.807) is 6.20 Å². The van der Waals surface area contributed by atoms with Crippen molar-refractivity contribution in [1.29, 1.82) is 0 Å². The first-order chi connectivity index (χ1) is 17.5. The molecule has 1 saturated carbocycles. The zero-order chi connectivity index (χ0) is 25.1. The third-order valence-corrected chi connectivity index (χ3v) is 7.17. The van der Waals surface area contributed by atoms with Crippen molar-refractivity contribution >= 4 is 34.7 Å². The fraction of sp³-hybridized carbons (Fsp3) is 0.393. The van der Waals surface area contributed by atoms with Crippen LogP contribution in [0.2, 0.25) is 0 Å². The number of nitrogens with zero attached hydrogens (tertiary/aromatic N) is 4. The molecule has 1 aromatic heterocycles. The van der Waals surface area contributed by atoms with E-state index in [0.29, 0.717) is 23.4 Å². The molecule has 1 amide bonds. The van der Waals surface area contributed by atoms with Gasteiger partial charge in [-0.05, 0) is 69.5 Å². The standard InChI is InChI=1S/C28H35N7O/c1-19-7-4-8-20(2)25(19)32-27(36)24-18-29-28(33-26(24)30-21-9-5-10-21)31-22-11-6-12-23(17-22)35-15-13-34(3)14-16-35/h4,6-8,11-12,17-18,21H,5,9-10,13-16H2,1-3H3,(H,32,36)(H2,29,30,31,33). The Labute approximate surface area is 213 Å². The molecule has 3 N–H and O–H groups in total. The molecule has 2 aliphatic rings. The zero-order valence-electron chi connectivity index (χ0n) is 21.3. The van der Waals surface area contributed by atoms with Crippen LogP contribution in [-0.4, -0.2) is 60.0 Å². The summed E-state index contributed by atoms with van der Waals surface area (Å²) in [5.74, 6) is 0.824. The van der Waals surface area contributed by atoms with Gasteiger partial charge in [0, 0.05) is 55.5 Å². The van der Waals surface area contributed by atoms with E-state index in [1.807, 2.05) is 38.1 Å². The summed E-state index contributed by atoms with van der Waals surface area (Å²) in [6.45, 7) is 8.13. The van der Waals surface area contributed by atoms with Gasteiger partial charge >= 0.3 is 0 Å². The van der Waals surface area contributed by atoms with Crippen LogP contribution in [0.25, 0.3) is 0 Å². The minimum Gasteiger partial charge on any atom is -0.369 e. The Morgan fingerprint density at radius 2 is 1.72 bits per heavy atom. The molecule has 1 saturated heterocycles. The lowest BCUT2D eigenvalue weighted by atomic mass is 9.93. The van der Waals surface area contributed by atoms with Gasteiger partial charge < -0.3 is 25.8 Å². The van der Waals surface area contributed by atoms with Gasteiger partial charge in [0.2, 0.25) is 5.95 Å². The van der Waals surface area contributed by atoms with E-state index in [4.69, 9.17) is 4.98 Å². The molecule has 5 rings (SSSR count). The number of likely N-dealkylation sites (N-methyl/N-ethyl adjacent to an activating group) is 1. The number of para-hydroxylation sites is 1. The van der Waals surface area contributed by atoms with Gasteiger partial charge in [-0.25, -0.2) is 4.98 Å². The number of amides is 1. The molecule has 3 aromatic rings. The predicted octanol–water partition coefficient (Wildman–Crippen LogP) is 4.81. The molecule has 0 atom stereocenters. The molecule has 0 bridgehead atoms. The van der Waals surface area contributed by atoms with Crippen molar-refractivity contribution in [3.05, 3.63) is 65.4 Å². The van der Waals surface area contributed by atoms with Crippen molar-refractivity contribution in [2.45, 2.75) is 39.2 Å². The third-order valence-electron chi connectivity index (χ3n) is 7.17. The lowest BCUT2D eigenvalue weighted by molar-refractivity contribution is 0.102. The van der Waals surface area contributed by atoms with Gasteiger partial charge in [-0.1, -0.05) is 24.3 Å². The summed E-state index contributed by atoms with van der Waals surface area (Å²) in [4.78, 5) is 27.3. The maximum atomic E-state index is 13.3. The Morgan fingerprint density at radius 3 is 2.42 bits per heavy atom. The average molecular weight is 486 g/mol. The first-order valence-electron chi connectivity index (χ1n) is 12.8. The molecule has 2 heterocycles.